The van der Waals surface area contributed by atoms with Crippen molar-refractivity contribution in [2.45, 2.75) is 39.7 Å². The topological polar surface area (TPSA) is 48.4 Å². The molecule has 0 N–H and O–H groups in total. The van der Waals surface area contributed by atoms with Gasteiger partial charge in [0.05, 0.1) is 17.6 Å². The first-order chi connectivity index (χ1) is 11.4. The van der Waals surface area contributed by atoms with Gasteiger partial charge < -0.3 is 9.47 Å². The Hall–Kier alpha value is -2.02. The van der Waals surface area contributed by atoms with Gasteiger partial charge in [-0.2, -0.15) is 0 Å². The fourth-order valence-electron chi connectivity index (χ4n) is 2.18. The van der Waals surface area contributed by atoms with Crippen molar-refractivity contribution in [3.63, 3.8) is 0 Å². The Labute approximate surface area is 143 Å². The van der Waals surface area contributed by atoms with Crippen molar-refractivity contribution in [2.75, 3.05) is 6.61 Å². The van der Waals surface area contributed by atoms with Crippen molar-refractivity contribution in [3.8, 4) is 16.5 Å². The van der Waals surface area contributed by atoms with Crippen LogP contribution in [-0.4, -0.2) is 17.6 Å². The third-order valence-corrected chi connectivity index (χ3v) is 4.18. The number of hydrogen-bond acceptors (Lipinski definition) is 5. The number of thiazole rings is 1. The van der Waals surface area contributed by atoms with E-state index < -0.39 is 23.7 Å². The largest absolute Gasteiger partial charge is 0.477 e. The Morgan fingerprint density at radius 2 is 2.00 bits per heavy atom. The second-order valence-corrected chi connectivity index (χ2v) is 6.16. The molecule has 0 aliphatic heterocycles. The summed E-state index contributed by atoms with van der Waals surface area (Å²) in [6.07, 6.45) is 0.926. The summed E-state index contributed by atoms with van der Waals surface area (Å²) in [5.41, 5.74) is 0.0454. The fourth-order valence-corrected chi connectivity index (χ4v) is 2.91. The second-order valence-electron chi connectivity index (χ2n) is 5.30. The highest BCUT2D eigenvalue weighted by Gasteiger charge is 2.21. The number of carbonyl (C=O) groups excluding carboxylic acids is 1. The van der Waals surface area contributed by atoms with Crippen molar-refractivity contribution in [1.82, 2.24) is 4.98 Å². The van der Waals surface area contributed by atoms with Crippen LogP contribution in [0.2, 0.25) is 0 Å². The molecule has 1 atom stereocenters. The van der Waals surface area contributed by atoms with Crippen LogP contribution in [0.3, 0.4) is 0 Å². The summed E-state index contributed by atoms with van der Waals surface area (Å²) >= 11 is 1.25. The van der Waals surface area contributed by atoms with E-state index in [1.54, 1.807) is 5.38 Å². The molecule has 1 heterocycles. The molecule has 0 saturated heterocycles. The maximum Gasteiger partial charge on any atom is 0.303 e. The first-order valence-electron chi connectivity index (χ1n) is 7.67. The predicted octanol–water partition coefficient (Wildman–Crippen LogP) is 4.89. The molecule has 0 saturated carbocycles. The van der Waals surface area contributed by atoms with Gasteiger partial charge in [0.25, 0.3) is 0 Å². The summed E-state index contributed by atoms with van der Waals surface area (Å²) in [5, 5.41) is 2.17. The van der Waals surface area contributed by atoms with E-state index in [9.17, 15) is 13.6 Å². The van der Waals surface area contributed by atoms with Crippen LogP contribution >= 0.6 is 11.3 Å². The number of rotatable bonds is 7. The third kappa shape index (κ3) is 4.50. The van der Waals surface area contributed by atoms with E-state index in [1.807, 2.05) is 0 Å². The summed E-state index contributed by atoms with van der Waals surface area (Å²) in [5.74, 6) is -1.70. The van der Waals surface area contributed by atoms with Gasteiger partial charge in [0, 0.05) is 12.5 Å². The Morgan fingerprint density at radius 3 is 2.58 bits per heavy atom. The average molecular weight is 355 g/mol. The molecular formula is C17H19F2NO3S. The van der Waals surface area contributed by atoms with Gasteiger partial charge in [0.15, 0.2) is 0 Å². The smallest absolute Gasteiger partial charge is 0.303 e. The Balaban J connectivity index is 2.22. The van der Waals surface area contributed by atoms with Crippen LogP contribution in [0, 0.1) is 11.6 Å². The van der Waals surface area contributed by atoms with Gasteiger partial charge in [-0.1, -0.05) is 13.3 Å². The molecule has 0 aliphatic carbocycles. The molecule has 1 unspecified atom stereocenters. The predicted molar refractivity (Wildman–Crippen MR) is 88.1 cm³/mol. The van der Waals surface area contributed by atoms with Crippen LogP contribution in [0.15, 0.2) is 17.5 Å². The van der Waals surface area contributed by atoms with Gasteiger partial charge in [0.1, 0.15) is 22.7 Å². The zero-order chi connectivity index (χ0) is 17.7. The Morgan fingerprint density at radius 1 is 1.33 bits per heavy atom. The number of carbonyl (C=O) groups is 1. The molecule has 2 rings (SSSR count). The minimum absolute atomic E-state index is 0.273. The summed E-state index contributed by atoms with van der Waals surface area (Å²) in [4.78, 5) is 15.2. The molecule has 1 aromatic carbocycles. The van der Waals surface area contributed by atoms with Gasteiger partial charge in [-0.15, -0.1) is 11.3 Å². The van der Waals surface area contributed by atoms with Crippen LogP contribution < -0.4 is 4.74 Å². The average Bonchev–Trinajstić information content (AvgIpc) is 2.95. The van der Waals surface area contributed by atoms with Crippen LogP contribution in [0.5, 0.6) is 5.88 Å². The van der Waals surface area contributed by atoms with Crippen molar-refractivity contribution in [3.05, 3.63) is 34.7 Å². The van der Waals surface area contributed by atoms with Crippen LogP contribution in [-0.2, 0) is 9.53 Å². The molecule has 0 bridgehead atoms. The van der Waals surface area contributed by atoms with E-state index in [0.29, 0.717) is 23.1 Å². The summed E-state index contributed by atoms with van der Waals surface area (Å²) in [7, 11) is 0. The molecule has 0 amide bonds. The van der Waals surface area contributed by atoms with Gasteiger partial charge >= 0.3 is 5.97 Å². The van der Waals surface area contributed by atoms with Crippen molar-refractivity contribution >= 4 is 17.3 Å². The number of ether oxygens (including phenoxy) is 2. The number of nitrogens with zero attached hydrogens (tertiary/aromatic N) is 1. The van der Waals surface area contributed by atoms with E-state index >= 15 is 0 Å². The minimum atomic E-state index is -0.999. The summed E-state index contributed by atoms with van der Waals surface area (Å²) in [6.45, 7) is 5.23. The number of unbranched alkanes of at least 4 members (excludes halogenated alkanes) is 1. The number of halogens is 2. The molecule has 7 heteroatoms. The Bertz CT molecular complexity index is 695. The fraction of sp³-hybridized carbons (Fsp3) is 0.412. The maximum absolute atomic E-state index is 14.3. The lowest BCUT2D eigenvalue weighted by molar-refractivity contribution is -0.146. The summed E-state index contributed by atoms with van der Waals surface area (Å²) < 4.78 is 38.9. The van der Waals surface area contributed by atoms with Gasteiger partial charge in [-0.3, -0.25) is 4.79 Å². The second kappa shape index (κ2) is 8.19. The first kappa shape index (κ1) is 18.3. The molecule has 0 aliphatic rings. The van der Waals surface area contributed by atoms with Crippen molar-refractivity contribution < 1.29 is 23.0 Å². The number of hydrogen-bond donors (Lipinski definition) is 0. The molecule has 0 fully saturated rings. The highest BCUT2D eigenvalue weighted by molar-refractivity contribution is 7.13. The number of benzene rings is 1. The quantitative estimate of drug-likeness (QED) is 0.524. The molecule has 2 aromatic rings. The van der Waals surface area contributed by atoms with Gasteiger partial charge in [0.2, 0.25) is 5.88 Å². The van der Waals surface area contributed by atoms with Crippen LogP contribution in [0.25, 0.3) is 10.6 Å². The minimum Gasteiger partial charge on any atom is -0.477 e. The van der Waals surface area contributed by atoms with Gasteiger partial charge in [-0.25, -0.2) is 13.8 Å². The van der Waals surface area contributed by atoms with E-state index in [2.05, 4.69) is 11.9 Å². The first-order valence-corrected chi connectivity index (χ1v) is 8.55. The molecule has 24 heavy (non-hydrogen) atoms. The molecule has 4 nitrogen and oxygen atoms in total. The molecule has 0 radical (unpaired) electrons. The SMILES string of the molecule is CCCCOc1csc(-c2cc(F)c(C(C)OC(C)=O)c(F)c2)n1. The zero-order valence-electron chi connectivity index (χ0n) is 13.8. The number of aromatic nitrogens is 1. The van der Waals surface area contributed by atoms with Crippen LogP contribution in [0.1, 0.15) is 45.3 Å². The highest BCUT2D eigenvalue weighted by Crippen LogP contribution is 2.32. The lowest BCUT2D eigenvalue weighted by atomic mass is 10.1. The van der Waals surface area contributed by atoms with E-state index in [-0.39, 0.29) is 5.56 Å². The highest BCUT2D eigenvalue weighted by atomic mass is 32.1. The van der Waals surface area contributed by atoms with E-state index in [0.717, 1.165) is 12.8 Å². The standard InChI is InChI=1S/C17H19F2NO3S/c1-4-5-6-22-15-9-24-17(20-15)12-7-13(18)16(14(19)8-12)10(2)23-11(3)21/h7-10H,4-6H2,1-3H3. The molecule has 1 aromatic heterocycles. The molecule has 130 valence electrons. The summed E-state index contributed by atoms with van der Waals surface area (Å²) in [6, 6.07) is 2.38. The Kier molecular flexibility index (Phi) is 6.25. The lowest BCUT2D eigenvalue weighted by Gasteiger charge is -2.14. The molecule has 0 spiro atoms. The maximum atomic E-state index is 14.3. The van der Waals surface area contributed by atoms with Crippen molar-refractivity contribution in [2.24, 2.45) is 0 Å². The van der Waals surface area contributed by atoms with E-state index in [1.165, 1.54) is 37.3 Å². The molecular weight excluding hydrogens is 336 g/mol. The van der Waals surface area contributed by atoms with Crippen molar-refractivity contribution in [1.29, 1.82) is 0 Å². The number of esters is 1. The van der Waals surface area contributed by atoms with E-state index in [4.69, 9.17) is 9.47 Å². The zero-order valence-corrected chi connectivity index (χ0v) is 14.6. The normalized spacial score (nSPS) is 12.0. The van der Waals surface area contributed by atoms with Crippen LogP contribution in [0.4, 0.5) is 8.78 Å². The third-order valence-electron chi connectivity index (χ3n) is 3.31. The monoisotopic (exact) mass is 355 g/mol. The lowest BCUT2D eigenvalue weighted by Crippen LogP contribution is -2.09. The van der Waals surface area contributed by atoms with Gasteiger partial charge in [-0.05, 0) is 25.5 Å².